The molecule has 2 aromatic carbocycles. The number of nitrogens with two attached hydrogens (primary N) is 1. The number of nitrogens with zero attached hydrogens (tertiary/aromatic N) is 5. The highest BCUT2D eigenvalue weighted by atomic mass is 16.3. The lowest BCUT2D eigenvalue weighted by atomic mass is 10.1. The van der Waals surface area contributed by atoms with Crippen molar-refractivity contribution in [3.63, 3.8) is 0 Å². The molecule has 192 valence electrons. The smallest absolute Gasteiger partial charge is 0.203 e. The average molecular weight is 497 g/mol. The zero-order chi connectivity index (χ0) is 25.9. The Hall–Kier alpha value is -3.64. The van der Waals surface area contributed by atoms with Gasteiger partial charge in [-0.25, -0.2) is 15.0 Å². The molecule has 0 radical (unpaired) electrons. The van der Waals surface area contributed by atoms with Crippen LogP contribution < -0.4 is 15.5 Å². The van der Waals surface area contributed by atoms with Crippen LogP contribution in [0.15, 0.2) is 63.5 Å². The minimum absolute atomic E-state index is 0.0318. The number of rotatable bonds is 12. The van der Waals surface area contributed by atoms with Crippen LogP contribution in [0.4, 0.5) is 22.7 Å². The summed E-state index contributed by atoms with van der Waals surface area (Å²) in [4.78, 5) is 29.2. The minimum atomic E-state index is -0.333. The number of anilines is 2. The lowest BCUT2D eigenvalue weighted by Gasteiger charge is -2.23. The largest absolute Gasteiger partial charge is 0.395 e. The van der Waals surface area contributed by atoms with Gasteiger partial charge in [-0.3, -0.25) is 4.79 Å². The van der Waals surface area contributed by atoms with Crippen LogP contribution in [0.3, 0.4) is 0 Å². The van der Waals surface area contributed by atoms with E-state index in [2.05, 4.69) is 15.0 Å². The monoisotopic (exact) mass is 496 g/mol. The first kappa shape index (κ1) is 27.0. The molecule has 0 saturated heterocycles. The standard InChI is InChI=1S/C25H32N6O5/c26-24-23(36)17-22(27-18-1-5-20(6-2-18)30(9-13-32)10-14-33)25(29-24)28-19-3-7-21(8-4-19)31(11-15-34)12-16-35/h1-8,32-35H,9-17H2,(H2,26,28,29). The third kappa shape index (κ3) is 7.18. The number of amidine groups is 2. The minimum Gasteiger partial charge on any atom is -0.395 e. The van der Waals surface area contributed by atoms with Crippen molar-refractivity contribution in [2.45, 2.75) is 6.42 Å². The normalized spacial score (nSPS) is 15.9. The first-order valence-electron chi connectivity index (χ1n) is 11.7. The molecule has 0 atom stereocenters. The van der Waals surface area contributed by atoms with E-state index in [1.54, 1.807) is 24.3 Å². The van der Waals surface area contributed by atoms with Crippen LogP contribution >= 0.6 is 0 Å². The predicted molar refractivity (Wildman–Crippen MR) is 141 cm³/mol. The van der Waals surface area contributed by atoms with E-state index in [0.717, 1.165) is 11.4 Å². The van der Waals surface area contributed by atoms with E-state index in [9.17, 15) is 25.2 Å². The Labute approximate surface area is 209 Å². The molecule has 3 rings (SSSR count). The van der Waals surface area contributed by atoms with Crippen LogP contribution in [0.5, 0.6) is 0 Å². The zero-order valence-electron chi connectivity index (χ0n) is 20.0. The van der Waals surface area contributed by atoms with Crippen LogP contribution in [-0.4, -0.2) is 96.2 Å². The Morgan fingerprint density at radius 3 is 1.56 bits per heavy atom. The Morgan fingerprint density at radius 2 is 1.14 bits per heavy atom. The predicted octanol–water partition coefficient (Wildman–Crippen LogP) is 0.401. The number of hydrogen-bond acceptors (Lipinski definition) is 10. The molecular formula is C25H32N6O5. The Morgan fingerprint density at radius 1 is 0.722 bits per heavy atom. The quantitative estimate of drug-likeness (QED) is 0.281. The first-order chi connectivity index (χ1) is 17.5. The van der Waals surface area contributed by atoms with Crippen LogP contribution in [0.2, 0.25) is 0 Å². The van der Waals surface area contributed by atoms with Crippen molar-refractivity contribution in [2.24, 2.45) is 20.7 Å². The maximum absolute atomic E-state index is 12.2. The van der Waals surface area contributed by atoms with Gasteiger partial charge in [0, 0.05) is 37.6 Å². The average Bonchev–Trinajstić information content (AvgIpc) is 2.88. The van der Waals surface area contributed by atoms with E-state index in [-0.39, 0.29) is 50.3 Å². The summed E-state index contributed by atoms with van der Waals surface area (Å²) in [7, 11) is 0. The molecule has 1 aliphatic rings. The summed E-state index contributed by atoms with van der Waals surface area (Å²) >= 11 is 0. The van der Waals surface area contributed by atoms with Gasteiger partial charge in [0.05, 0.1) is 49.9 Å². The number of carbonyl (C=O) groups is 1. The van der Waals surface area contributed by atoms with Crippen LogP contribution in [0.25, 0.3) is 0 Å². The van der Waals surface area contributed by atoms with E-state index in [1.165, 1.54) is 0 Å². The van der Waals surface area contributed by atoms with Gasteiger partial charge >= 0.3 is 0 Å². The lowest BCUT2D eigenvalue weighted by molar-refractivity contribution is -0.112. The Balaban J connectivity index is 1.87. The first-order valence-corrected chi connectivity index (χ1v) is 11.7. The summed E-state index contributed by atoms with van der Waals surface area (Å²) in [5, 5.41) is 37.0. The molecule has 6 N–H and O–H groups in total. The molecular weight excluding hydrogens is 464 g/mol. The summed E-state index contributed by atoms with van der Waals surface area (Å²) in [6.07, 6.45) is -0.0318. The fraction of sp³-hybridized carbons (Fsp3) is 0.360. The van der Waals surface area contributed by atoms with Crippen molar-refractivity contribution < 1.29 is 25.2 Å². The van der Waals surface area contributed by atoms with E-state index in [4.69, 9.17) is 5.73 Å². The molecule has 0 unspecified atom stereocenters. The third-order valence-electron chi connectivity index (χ3n) is 5.51. The topological polar surface area (TPSA) is 168 Å². The molecule has 1 aliphatic heterocycles. The summed E-state index contributed by atoms with van der Waals surface area (Å²) in [5.41, 5.74) is 9.00. The summed E-state index contributed by atoms with van der Waals surface area (Å²) < 4.78 is 0. The van der Waals surface area contributed by atoms with Crippen LogP contribution in [0, 0.1) is 0 Å². The van der Waals surface area contributed by atoms with E-state index in [0.29, 0.717) is 43.3 Å². The third-order valence-corrected chi connectivity index (χ3v) is 5.51. The molecule has 0 amide bonds. The molecule has 1 heterocycles. The fourth-order valence-electron chi connectivity index (χ4n) is 3.72. The maximum atomic E-state index is 12.2. The molecule has 0 spiro atoms. The SMILES string of the molecule is NC1=NC(=Nc2ccc(N(CCO)CCO)cc2)C(=Nc2ccc(N(CCO)CCO)cc2)CC1=O. The number of benzene rings is 2. The summed E-state index contributed by atoms with van der Waals surface area (Å²) in [5.74, 6) is -0.213. The highest BCUT2D eigenvalue weighted by molar-refractivity contribution is 6.58. The van der Waals surface area contributed by atoms with Gasteiger partial charge < -0.3 is 36.0 Å². The molecule has 11 heteroatoms. The Bertz CT molecular complexity index is 1090. The maximum Gasteiger partial charge on any atom is 0.203 e. The van der Waals surface area contributed by atoms with E-state index in [1.807, 2.05) is 34.1 Å². The van der Waals surface area contributed by atoms with E-state index < -0.39 is 0 Å². The van der Waals surface area contributed by atoms with E-state index >= 15 is 0 Å². The molecule has 2 aromatic rings. The fourth-order valence-corrected chi connectivity index (χ4v) is 3.72. The van der Waals surface area contributed by atoms with Gasteiger partial charge in [0.1, 0.15) is 0 Å². The highest BCUT2D eigenvalue weighted by Crippen LogP contribution is 2.23. The molecule has 0 saturated carbocycles. The second-order valence-corrected chi connectivity index (χ2v) is 7.99. The number of ketones is 1. The van der Waals surface area contributed by atoms with Crippen LogP contribution in [0.1, 0.15) is 6.42 Å². The molecule has 0 aromatic heterocycles. The zero-order valence-corrected chi connectivity index (χ0v) is 20.0. The van der Waals surface area contributed by atoms with Crippen molar-refractivity contribution >= 4 is 45.9 Å². The van der Waals surface area contributed by atoms with Gasteiger partial charge in [-0.2, -0.15) is 0 Å². The van der Waals surface area contributed by atoms with Gasteiger partial charge in [0.15, 0.2) is 11.7 Å². The van der Waals surface area contributed by atoms with Crippen molar-refractivity contribution in [3.8, 4) is 0 Å². The van der Waals surface area contributed by atoms with Gasteiger partial charge in [0.2, 0.25) is 5.78 Å². The van der Waals surface area contributed by atoms with Crippen molar-refractivity contribution in [2.75, 3.05) is 62.4 Å². The molecule has 36 heavy (non-hydrogen) atoms. The van der Waals surface area contributed by atoms with Gasteiger partial charge in [-0.1, -0.05) is 0 Å². The lowest BCUT2D eigenvalue weighted by Crippen LogP contribution is -2.35. The molecule has 0 fully saturated rings. The number of aliphatic hydroxyl groups is 4. The molecule has 0 aliphatic carbocycles. The summed E-state index contributed by atoms with van der Waals surface area (Å²) in [6, 6.07) is 14.4. The number of aliphatic imine (C=N–C) groups is 3. The van der Waals surface area contributed by atoms with Crippen molar-refractivity contribution in [3.05, 3.63) is 48.5 Å². The van der Waals surface area contributed by atoms with Gasteiger partial charge in [-0.15, -0.1) is 0 Å². The Kier molecular flexibility index (Phi) is 10.1. The second kappa shape index (κ2) is 13.4. The number of Topliss-reactive ketones (excluding diaryl/α,β-unsaturated/α-hetero) is 1. The second-order valence-electron chi connectivity index (χ2n) is 7.99. The molecule has 11 nitrogen and oxygen atoms in total. The number of hydrogen-bond donors (Lipinski definition) is 5. The molecule has 0 bridgehead atoms. The van der Waals surface area contributed by atoms with Crippen LogP contribution in [-0.2, 0) is 4.79 Å². The van der Waals surface area contributed by atoms with Crippen molar-refractivity contribution in [1.29, 1.82) is 0 Å². The van der Waals surface area contributed by atoms with Gasteiger partial charge in [-0.05, 0) is 48.5 Å². The highest BCUT2D eigenvalue weighted by Gasteiger charge is 2.23. The number of carbonyl (C=O) groups excluding carboxylic acids is 1. The summed E-state index contributed by atoms with van der Waals surface area (Å²) in [6.45, 7) is 1.44. The van der Waals surface area contributed by atoms with Gasteiger partial charge in [0.25, 0.3) is 0 Å². The number of aliphatic hydroxyl groups excluding tert-OH is 4. The van der Waals surface area contributed by atoms with Crippen molar-refractivity contribution in [1.82, 2.24) is 0 Å².